The molecule has 1 heterocycles. The Labute approximate surface area is 158 Å². The summed E-state index contributed by atoms with van der Waals surface area (Å²) in [4.78, 5) is 24.5. The van der Waals surface area contributed by atoms with Crippen LogP contribution in [0.15, 0.2) is 35.2 Å². The van der Waals surface area contributed by atoms with Gasteiger partial charge >= 0.3 is 5.97 Å². The minimum absolute atomic E-state index is 0.0637. The summed E-state index contributed by atoms with van der Waals surface area (Å²) in [6.07, 6.45) is -1.03. The number of benzene rings is 1. The third kappa shape index (κ3) is 4.75. The van der Waals surface area contributed by atoms with Crippen LogP contribution in [0.2, 0.25) is 0 Å². The molecule has 3 N–H and O–H groups in total. The van der Waals surface area contributed by atoms with Gasteiger partial charge in [-0.2, -0.15) is 0 Å². The van der Waals surface area contributed by atoms with Crippen LogP contribution in [0.3, 0.4) is 0 Å². The van der Waals surface area contributed by atoms with E-state index in [9.17, 15) is 18.0 Å². The summed E-state index contributed by atoms with van der Waals surface area (Å²) in [5, 5.41) is 7.59. The van der Waals surface area contributed by atoms with Crippen molar-refractivity contribution in [3.05, 3.63) is 47.3 Å². The Kier molecular flexibility index (Phi) is 6.07. The molecule has 146 valence electrons. The molecule has 2 rings (SSSR count). The van der Waals surface area contributed by atoms with Crippen LogP contribution in [0, 0.1) is 13.8 Å². The van der Waals surface area contributed by atoms with E-state index in [1.54, 1.807) is 6.07 Å². The molecule has 0 bridgehead atoms. The van der Waals surface area contributed by atoms with Gasteiger partial charge in [0.2, 0.25) is 10.0 Å². The molecule has 0 aliphatic carbocycles. The van der Waals surface area contributed by atoms with Crippen molar-refractivity contribution in [2.24, 2.45) is 5.14 Å². The number of ether oxygens (including phenoxy) is 1. The number of carbonyl (C=O) groups excluding carboxylic acids is 2. The summed E-state index contributed by atoms with van der Waals surface area (Å²) >= 11 is 0. The van der Waals surface area contributed by atoms with Gasteiger partial charge in [-0.1, -0.05) is 0 Å². The zero-order chi connectivity index (χ0) is 20.4. The lowest BCUT2D eigenvalue weighted by Crippen LogP contribution is -2.30. The summed E-state index contributed by atoms with van der Waals surface area (Å²) in [6.45, 7) is 7.90. The van der Waals surface area contributed by atoms with Gasteiger partial charge in [-0.05, 0) is 58.0 Å². The molecule has 9 heteroatoms. The second kappa shape index (κ2) is 7.93. The lowest BCUT2D eigenvalue weighted by atomic mass is 10.2. The molecule has 0 saturated heterocycles. The Hall–Kier alpha value is -2.65. The maximum absolute atomic E-state index is 12.4. The molecule has 0 fully saturated rings. The zero-order valence-corrected chi connectivity index (χ0v) is 16.5. The van der Waals surface area contributed by atoms with E-state index in [-0.39, 0.29) is 4.90 Å². The first-order valence-corrected chi connectivity index (χ1v) is 9.90. The fourth-order valence-corrected chi connectivity index (χ4v) is 3.26. The van der Waals surface area contributed by atoms with Crippen molar-refractivity contribution >= 4 is 27.6 Å². The summed E-state index contributed by atoms with van der Waals surface area (Å²) in [6, 6.07) is 7.10. The van der Waals surface area contributed by atoms with Crippen molar-refractivity contribution in [2.45, 2.75) is 45.2 Å². The van der Waals surface area contributed by atoms with Crippen LogP contribution < -0.4 is 10.5 Å². The average Bonchev–Trinajstić information content (AvgIpc) is 2.88. The molecule has 2 aromatic rings. The number of hydrogen-bond acceptors (Lipinski definition) is 5. The number of sulfonamides is 1. The highest BCUT2D eigenvalue weighted by Gasteiger charge is 2.22. The van der Waals surface area contributed by atoms with Gasteiger partial charge in [0.1, 0.15) is 0 Å². The van der Waals surface area contributed by atoms with Crippen molar-refractivity contribution in [1.82, 2.24) is 4.57 Å². The van der Waals surface area contributed by atoms with Crippen molar-refractivity contribution < 1.29 is 22.7 Å². The number of carbonyl (C=O) groups is 2. The molecule has 27 heavy (non-hydrogen) atoms. The summed E-state index contributed by atoms with van der Waals surface area (Å²) in [5.41, 5.74) is 2.51. The van der Waals surface area contributed by atoms with E-state index in [0.717, 1.165) is 17.9 Å². The standard InChI is InChI=1S/C18H23N3O5S/c1-5-21-11(2)10-16(12(21)3)18(23)26-13(4)17(22)20-14-6-8-15(9-7-14)27(19,24)25/h6-10,13H,5H2,1-4H3,(H,20,22)(H2,19,24,25)/t13-/m0/s1. The van der Waals surface area contributed by atoms with Gasteiger partial charge in [0.15, 0.2) is 6.10 Å². The lowest BCUT2D eigenvalue weighted by Gasteiger charge is -2.14. The van der Waals surface area contributed by atoms with Gasteiger partial charge < -0.3 is 14.6 Å². The first kappa shape index (κ1) is 20.7. The van der Waals surface area contributed by atoms with Gasteiger partial charge in [-0.15, -0.1) is 0 Å². The second-order valence-corrected chi connectivity index (χ2v) is 7.70. The molecular weight excluding hydrogens is 370 g/mol. The Morgan fingerprint density at radius 1 is 1.22 bits per heavy atom. The maximum atomic E-state index is 12.4. The first-order valence-electron chi connectivity index (χ1n) is 8.36. The van der Waals surface area contributed by atoms with Crippen LogP contribution in [0.5, 0.6) is 0 Å². The Morgan fingerprint density at radius 2 is 1.81 bits per heavy atom. The van der Waals surface area contributed by atoms with Crippen molar-refractivity contribution in [3.8, 4) is 0 Å². The molecular formula is C18H23N3O5S. The Bertz CT molecular complexity index is 962. The fourth-order valence-electron chi connectivity index (χ4n) is 2.74. The summed E-state index contributed by atoms with van der Waals surface area (Å²) in [5.74, 6) is -1.11. The van der Waals surface area contributed by atoms with Crippen LogP contribution in [0.25, 0.3) is 0 Å². The number of esters is 1. The molecule has 1 atom stereocenters. The molecule has 0 radical (unpaired) electrons. The van der Waals surface area contributed by atoms with Gasteiger partial charge in [0.25, 0.3) is 5.91 Å². The Morgan fingerprint density at radius 3 is 2.30 bits per heavy atom. The number of nitrogens with one attached hydrogen (secondary N) is 1. The first-order chi connectivity index (χ1) is 12.5. The predicted molar refractivity (Wildman–Crippen MR) is 101 cm³/mol. The summed E-state index contributed by atoms with van der Waals surface area (Å²) in [7, 11) is -3.80. The lowest BCUT2D eigenvalue weighted by molar-refractivity contribution is -0.123. The smallest absolute Gasteiger partial charge is 0.340 e. The monoisotopic (exact) mass is 393 g/mol. The molecule has 0 aliphatic rings. The predicted octanol–water partition coefficient (Wildman–Crippen LogP) is 1.96. The molecule has 0 unspecified atom stereocenters. The third-order valence-corrected chi connectivity index (χ3v) is 5.14. The van der Waals surface area contributed by atoms with Gasteiger partial charge in [-0.3, -0.25) is 4.79 Å². The van der Waals surface area contributed by atoms with Gasteiger partial charge in [0, 0.05) is 23.6 Å². The van der Waals surface area contributed by atoms with Crippen LogP contribution >= 0.6 is 0 Å². The number of hydrogen-bond donors (Lipinski definition) is 2. The number of aromatic nitrogens is 1. The molecule has 1 aromatic carbocycles. The van der Waals surface area contributed by atoms with Gasteiger partial charge in [0.05, 0.1) is 10.5 Å². The molecule has 8 nitrogen and oxygen atoms in total. The van der Waals surface area contributed by atoms with Crippen molar-refractivity contribution in [2.75, 3.05) is 5.32 Å². The van der Waals surface area contributed by atoms with Gasteiger partial charge in [-0.25, -0.2) is 18.4 Å². The SMILES string of the molecule is CCn1c(C)cc(C(=O)O[C@@H](C)C(=O)Nc2ccc(S(N)(=O)=O)cc2)c1C. The van der Waals surface area contributed by atoms with E-state index >= 15 is 0 Å². The number of primary sulfonamides is 1. The van der Waals surface area contributed by atoms with Crippen LogP contribution in [-0.4, -0.2) is 31.0 Å². The third-order valence-electron chi connectivity index (χ3n) is 4.21. The van der Waals surface area contributed by atoms with E-state index in [2.05, 4.69) is 5.32 Å². The molecule has 0 spiro atoms. The highest BCUT2D eigenvalue weighted by atomic mass is 32.2. The second-order valence-electron chi connectivity index (χ2n) is 6.14. The number of rotatable bonds is 6. The maximum Gasteiger partial charge on any atom is 0.340 e. The van der Waals surface area contributed by atoms with Crippen LogP contribution in [0.1, 0.15) is 35.6 Å². The van der Waals surface area contributed by atoms with E-state index < -0.39 is 28.0 Å². The van der Waals surface area contributed by atoms with Crippen molar-refractivity contribution in [1.29, 1.82) is 0 Å². The fraction of sp³-hybridized carbons (Fsp3) is 0.333. The van der Waals surface area contributed by atoms with Crippen LogP contribution in [0.4, 0.5) is 5.69 Å². The molecule has 0 aliphatic heterocycles. The average molecular weight is 393 g/mol. The molecule has 1 aromatic heterocycles. The molecule has 1 amide bonds. The van der Waals surface area contributed by atoms with Crippen LogP contribution in [-0.2, 0) is 26.1 Å². The normalized spacial score (nSPS) is 12.5. The van der Waals surface area contributed by atoms with E-state index in [0.29, 0.717) is 11.3 Å². The van der Waals surface area contributed by atoms with Crippen molar-refractivity contribution in [3.63, 3.8) is 0 Å². The van der Waals surface area contributed by atoms with E-state index in [1.807, 2.05) is 25.3 Å². The number of nitrogens with two attached hydrogens (primary N) is 1. The highest BCUT2D eigenvalue weighted by molar-refractivity contribution is 7.89. The number of nitrogens with zero attached hydrogens (tertiary/aromatic N) is 1. The number of anilines is 1. The Balaban J connectivity index is 2.04. The largest absolute Gasteiger partial charge is 0.449 e. The van der Waals surface area contributed by atoms with E-state index in [1.165, 1.54) is 31.2 Å². The zero-order valence-electron chi connectivity index (χ0n) is 15.6. The minimum atomic E-state index is -3.80. The number of amides is 1. The quantitative estimate of drug-likeness (QED) is 0.727. The topological polar surface area (TPSA) is 120 Å². The summed E-state index contributed by atoms with van der Waals surface area (Å²) < 4.78 is 29.7. The molecule has 0 saturated carbocycles. The number of aryl methyl sites for hydroxylation is 1. The van der Waals surface area contributed by atoms with E-state index in [4.69, 9.17) is 9.88 Å². The highest BCUT2D eigenvalue weighted by Crippen LogP contribution is 2.17. The minimum Gasteiger partial charge on any atom is -0.449 e.